The third-order valence-electron chi connectivity index (χ3n) is 3.18. The normalized spacial score (nSPS) is 18.6. The summed E-state index contributed by atoms with van der Waals surface area (Å²) in [5.74, 6) is -1.29. The van der Waals surface area contributed by atoms with Crippen LogP contribution in [0.2, 0.25) is 0 Å². The molecule has 1 amide bonds. The van der Waals surface area contributed by atoms with E-state index in [1.165, 1.54) is 0 Å². The molecular formula is C14H18N2O4. The first-order valence-corrected chi connectivity index (χ1v) is 6.53. The third-order valence-corrected chi connectivity index (χ3v) is 3.18. The maximum Gasteiger partial charge on any atom is 0.338 e. The Bertz CT molecular complexity index is 510. The van der Waals surface area contributed by atoms with Gasteiger partial charge in [0, 0.05) is 13.1 Å². The highest BCUT2D eigenvalue weighted by Crippen LogP contribution is 2.20. The van der Waals surface area contributed by atoms with E-state index >= 15 is 0 Å². The minimum absolute atomic E-state index is 0.128. The SMILES string of the molecule is Cc1cccc(NC(=O)CC2CNCCO2)c1C(=O)O. The molecule has 1 aromatic rings. The van der Waals surface area contributed by atoms with Crippen LogP contribution in [0.4, 0.5) is 5.69 Å². The van der Waals surface area contributed by atoms with Gasteiger partial charge in [-0.1, -0.05) is 12.1 Å². The molecule has 20 heavy (non-hydrogen) atoms. The number of aromatic carboxylic acids is 1. The van der Waals surface area contributed by atoms with Crippen LogP contribution in [0.5, 0.6) is 0 Å². The maximum atomic E-state index is 12.0. The lowest BCUT2D eigenvalue weighted by Gasteiger charge is -2.23. The first-order valence-electron chi connectivity index (χ1n) is 6.53. The number of rotatable bonds is 4. The second kappa shape index (κ2) is 6.49. The standard InChI is InChI=1S/C14H18N2O4/c1-9-3-2-4-11(13(9)14(18)19)16-12(17)7-10-8-15-5-6-20-10/h2-4,10,15H,5-8H2,1H3,(H,16,17)(H,18,19). The molecule has 3 N–H and O–H groups in total. The highest BCUT2D eigenvalue weighted by Gasteiger charge is 2.19. The Morgan fingerprint density at radius 1 is 1.50 bits per heavy atom. The molecule has 0 aliphatic carbocycles. The van der Waals surface area contributed by atoms with Crippen LogP contribution in [0, 0.1) is 6.92 Å². The lowest BCUT2D eigenvalue weighted by atomic mass is 10.1. The average Bonchev–Trinajstić information content (AvgIpc) is 2.39. The summed E-state index contributed by atoms with van der Waals surface area (Å²) in [5.41, 5.74) is 1.07. The number of carbonyl (C=O) groups excluding carboxylic acids is 1. The van der Waals surface area contributed by atoms with E-state index < -0.39 is 5.97 Å². The Balaban J connectivity index is 2.04. The van der Waals surface area contributed by atoms with Gasteiger partial charge in [0.1, 0.15) is 0 Å². The molecule has 6 heteroatoms. The Morgan fingerprint density at radius 3 is 2.95 bits per heavy atom. The van der Waals surface area contributed by atoms with E-state index in [1.807, 2.05) is 0 Å². The predicted octanol–water partition coefficient (Wildman–Crippen LogP) is 1.01. The first-order chi connectivity index (χ1) is 9.58. The van der Waals surface area contributed by atoms with Crippen LogP contribution in [0.1, 0.15) is 22.3 Å². The molecule has 0 aromatic heterocycles. The molecule has 1 fully saturated rings. The van der Waals surface area contributed by atoms with Crippen molar-refractivity contribution in [2.45, 2.75) is 19.4 Å². The largest absolute Gasteiger partial charge is 0.478 e. The highest BCUT2D eigenvalue weighted by molar-refractivity contribution is 6.01. The fraction of sp³-hybridized carbons (Fsp3) is 0.429. The number of hydrogen-bond acceptors (Lipinski definition) is 4. The minimum atomic E-state index is -1.05. The Kier molecular flexibility index (Phi) is 4.70. The zero-order valence-corrected chi connectivity index (χ0v) is 11.3. The number of amides is 1. The molecule has 1 heterocycles. The van der Waals surface area contributed by atoms with Gasteiger partial charge in [0.2, 0.25) is 5.91 Å². The van der Waals surface area contributed by atoms with Crippen LogP contribution in [0.25, 0.3) is 0 Å². The summed E-state index contributed by atoms with van der Waals surface area (Å²) in [6.07, 6.45) is 0.0434. The number of carbonyl (C=O) groups is 2. The number of carboxylic acid groups (broad SMARTS) is 1. The molecule has 0 saturated carbocycles. The van der Waals surface area contributed by atoms with Gasteiger partial charge in [-0.3, -0.25) is 4.79 Å². The summed E-state index contributed by atoms with van der Waals surface area (Å²) >= 11 is 0. The van der Waals surface area contributed by atoms with Gasteiger partial charge in [-0.2, -0.15) is 0 Å². The van der Waals surface area contributed by atoms with Crippen molar-refractivity contribution in [3.63, 3.8) is 0 Å². The van der Waals surface area contributed by atoms with Crippen LogP contribution < -0.4 is 10.6 Å². The number of anilines is 1. The number of hydrogen-bond donors (Lipinski definition) is 3. The van der Waals surface area contributed by atoms with Crippen LogP contribution >= 0.6 is 0 Å². The Labute approximate surface area is 117 Å². The molecule has 6 nitrogen and oxygen atoms in total. The predicted molar refractivity (Wildman–Crippen MR) is 74.0 cm³/mol. The van der Waals surface area contributed by atoms with Gasteiger partial charge in [0.05, 0.1) is 30.4 Å². The second-order valence-corrected chi connectivity index (χ2v) is 4.75. The van der Waals surface area contributed by atoms with Crippen molar-refractivity contribution in [1.82, 2.24) is 5.32 Å². The fourth-order valence-corrected chi connectivity index (χ4v) is 2.21. The first kappa shape index (κ1) is 14.5. The topological polar surface area (TPSA) is 87.7 Å². The van der Waals surface area contributed by atoms with Gasteiger partial charge in [-0.05, 0) is 18.6 Å². The minimum Gasteiger partial charge on any atom is -0.478 e. The van der Waals surface area contributed by atoms with E-state index in [9.17, 15) is 14.7 Å². The summed E-state index contributed by atoms with van der Waals surface area (Å²) < 4.78 is 5.45. The van der Waals surface area contributed by atoms with Gasteiger partial charge < -0.3 is 20.5 Å². The van der Waals surface area contributed by atoms with Gasteiger partial charge in [-0.25, -0.2) is 4.79 Å². The van der Waals surface area contributed by atoms with Crippen molar-refractivity contribution >= 4 is 17.6 Å². The average molecular weight is 278 g/mol. The number of morpholine rings is 1. The summed E-state index contributed by atoms with van der Waals surface area (Å²) in [5, 5.41) is 15.0. The summed E-state index contributed by atoms with van der Waals surface area (Å²) in [7, 11) is 0. The van der Waals surface area contributed by atoms with Gasteiger partial charge in [0.15, 0.2) is 0 Å². The molecule has 1 aliphatic heterocycles. The number of benzene rings is 1. The van der Waals surface area contributed by atoms with E-state index in [0.29, 0.717) is 24.4 Å². The second-order valence-electron chi connectivity index (χ2n) is 4.75. The molecule has 1 aromatic carbocycles. The van der Waals surface area contributed by atoms with Crippen LogP contribution in [0.3, 0.4) is 0 Å². The monoisotopic (exact) mass is 278 g/mol. The zero-order chi connectivity index (χ0) is 14.5. The van der Waals surface area contributed by atoms with Crippen LogP contribution in [-0.4, -0.2) is 42.8 Å². The lowest BCUT2D eigenvalue weighted by molar-refractivity contribution is -0.119. The van der Waals surface area contributed by atoms with E-state index in [-0.39, 0.29) is 24.0 Å². The summed E-state index contributed by atoms with van der Waals surface area (Å²) in [4.78, 5) is 23.2. The van der Waals surface area contributed by atoms with Gasteiger partial charge >= 0.3 is 5.97 Å². The third kappa shape index (κ3) is 3.55. The molecule has 108 valence electrons. The zero-order valence-electron chi connectivity index (χ0n) is 11.3. The Hall–Kier alpha value is -1.92. The number of nitrogens with one attached hydrogen (secondary N) is 2. The molecule has 1 aliphatic rings. The smallest absolute Gasteiger partial charge is 0.338 e. The van der Waals surface area contributed by atoms with Crippen molar-refractivity contribution < 1.29 is 19.4 Å². The van der Waals surface area contributed by atoms with E-state index in [4.69, 9.17) is 4.74 Å². The molecule has 0 radical (unpaired) electrons. The Morgan fingerprint density at radius 2 is 2.30 bits per heavy atom. The quantitative estimate of drug-likeness (QED) is 0.765. The summed E-state index contributed by atoms with van der Waals surface area (Å²) in [6.45, 7) is 3.71. The van der Waals surface area contributed by atoms with Crippen molar-refractivity contribution in [2.75, 3.05) is 25.0 Å². The van der Waals surface area contributed by atoms with Gasteiger partial charge in [-0.15, -0.1) is 0 Å². The van der Waals surface area contributed by atoms with E-state index in [2.05, 4.69) is 10.6 Å². The summed E-state index contributed by atoms with van der Waals surface area (Å²) in [6, 6.07) is 5.01. The number of carboxylic acids is 1. The molecular weight excluding hydrogens is 260 g/mol. The van der Waals surface area contributed by atoms with Crippen molar-refractivity contribution in [3.05, 3.63) is 29.3 Å². The molecule has 1 atom stereocenters. The number of aryl methyl sites for hydroxylation is 1. The maximum absolute atomic E-state index is 12.0. The molecule has 1 saturated heterocycles. The van der Waals surface area contributed by atoms with Crippen LogP contribution in [0.15, 0.2) is 18.2 Å². The highest BCUT2D eigenvalue weighted by atomic mass is 16.5. The van der Waals surface area contributed by atoms with Crippen molar-refractivity contribution in [2.24, 2.45) is 0 Å². The number of ether oxygens (including phenoxy) is 1. The molecule has 2 rings (SSSR count). The van der Waals surface area contributed by atoms with E-state index in [0.717, 1.165) is 6.54 Å². The molecule has 0 bridgehead atoms. The molecule has 1 unspecified atom stereocenters. The molecule has 0 spiro atoms. The van der Waals surface area contributed by atoms with Crippen molar-refractivity contribution in [1.29, 1.82) is 0 Å². The lowest BCUT2D eigenvalue weighted by Crippen LogP contribution is -2.40. The van der Waals surface area contributed by atoms with E-state index in [1.54, 1.807) is 25.1 Å². The fourth-order valence-electron chi connectivity index (χ4n) is 2.21. The van der Waals surface area contributed by atoms with Crippen LogP contribution in [-0.2, 0) is 9.53 Å². The van der Waals surface area contributed by atoms with Gasteiger partial charge in [0.25, 0.3) is 0 Å². The van der Waals surface area contributed by atoms with Crippen molar-refractivity contribution in [3.8, 4) is 0 Å².